The standard InChI is InChI=1S/C14H13F2NO2/c15-14(16)9-17-7-6-12(18)13(8-17)19-10-11-4-2-1-3-5-11/h1-8,14H,9-10H2. The molecule has 3 nitrogen and oxygen atoms in total. The number of halogens is 2. The number of hydrogen-bond donors (Lipinski definition) is 0. The second-order valence-electron chi connectivity index (χ2n) is 4.04. The van der Waals surface area contributed by atoms with Crippen LogP contribution in [0.5, 0.6) is 5.75 Å². The summed E-state index contributed by atoms with van der Waals surface area (Å²) < 4.78 is 31.1. The highest BCUT2D eigenvalue weighted by molar-refractivity contribution is 5.19. The summed E-state index contributed by atoms with van der Waals surface area (Å²) >= 11 is 0. The van der Waals surface area contributed by atoms with Crippen LogP contribution in [0, 0.1) is 0 Å². The van der Waals surface area contributed by atoms with Crippen molar-refractivity contribution >= 4 is 0 Å². The molecule has 2 aromatic rings. The van der Waals surface area contributed by atoms with Gasteiger partial charge in [-0.3, -0.25) is 4.79 Å². The van der Waals surface area contributed by atoms with Crippen molar-refractivity contribution in [2.45, 2.75) is 19.6 Å². The van der Waals surface area contributed by atoms with Gasteiger partial charge in [-0.1, -0.05) is 30.3 Å². The van der Waals surface area contributed by atoms with Crippen LogP contribution < -0.4 is 10.2 Å². The molecule has 2 rings (SSSR count). The first-order valence-corrected chi connectivity index (χ1v) is 5.80. The van der Waals surface area contributed by atoms with E-state index in [4.69, 9.17) is 4.74 Å². The number of aromatic nitrogens is 1. The third-order valence-corrected chi connectivity index (χ3v) is 2.53. The molecule has 1 heterocycles. The first-order chi connectivity index (χ1) is 9.15. The van der Waals surface area contributed by atoms with Gasteiger partial charge < -0.3 is 9.30 Å². The highest BCUT2D eigenvalue weighted by Gasteiger charge is 2.06. The largest absolute Gasteiger partial charge is 0.483 e. The zero-order chi connectivity index (χ0) is 13.7. The molecule has 0 atom stereocenters. The maximum atomic E-state index is 12.3. The first kappa shape index (κ1) is 13.3. The van der Waals surface area contributed by atoms with Gasteiger partial charge in [0.2, 0.25) is 5.43 Å². The van der Waals surface area contributed by atoms with E-state index in [1.54, 1.807) is 0 Å². The van der Waals surface area contributed by atoms with Crippen molar-refractivity contribution in [3.8, 4) is 5.75 Å². The Kier molecular flexibility index (Phi) is 4.28. The summed E-state index contributed by atoms with van der Waals surface area (Å²) in [5.74, 6) is 0.0759. The molecule has 1 aromatic heterocycles. The van der Waals surface area contributed by atoms with Crippen molar-refractivity contribution in [1.29, 1.82) is 0 Å². The van der Waals surface area contributed by atoms with Gasteiger partial charge in [-0.25, -0.2) is 8.78 Å². The van der Waals surface area contributed by atoms with Crippen LogP contribution in [-0.2, 0) is 13.2 Å². The van der Waals surface area contributed by atoms with Crippen LogP contribution in [0.25, 0.3) is 0 Å². The molecule has 1 aromatic carbocycles. The lowest BCUT2D eigenvalue weighted by Gasteiger charge is -2.09. The van der Waals surface area contributed by atoms with E-state index >= 15 is 0 Å². The monoisotopic (exact) mass is 265 g/mol. The number of alkyl halides is 2. The normalized spacial score (nSPS) is 10.7. The molecule has 0 aliphatic heterocycles. The summed E-state index contributed by atoms with van der Waals surface area (Å²) in [6.07, 6.45) is 0.158. The number of hydrogen-bond acceptors (Lipinski definition) is 2. The Bertz CT molecular complexity index is 581. The van der Waals surface area contributed by atoms with Crippen LogP contribution >= 0.6 is 0 Å². The molecule has 0 amide bonds. The van der Waals surface area contributed by atoms with Gasteiger partial charge >= 0.3 is 0 Å². The second-order valence-corrected chi connectivity index (χ2v) is 4.04. The van der Waals surface area contributed by atoms with Crippen molar-refractivity contribution < 1.29 is 13.5 Å². The molecule has 19 heavy (non-hydrogen) atoms. The topological polar surface area (TPSA) is 31.2 Å². The quantitative estimate of drug-likeness (QED) is 0.832. The minimum absolute atomic E-state index is 0.0759. The van der Waals surface area contributed by atoms with Gasteiger partial charge in [-0.2, -0.15) is 0 Å². The molecular weight excluding hydrogens is 252 g/mol. The lowest BCUT2D eigenvalue weighted by molar-refractivity contribution is 0.126. The van der Waals surface area contributed by atoms with Gasteiger partial charge in [-0.15, -0.1) is 0 Å². The van der Waals surface area contributed by atoms with E-state index in [1.807, 2.05) is 30.3 Å². The Hall–Kier alpha value is -2.17. The molecule has 0 unspecified atom stereocenters. The molecule has 0 bridgehead atoms. The summed E-state index contributed by atoms with van der Waals surface area (Å²) in [5, 5.41) is 0. The maximum absolute atomic E-state index is 12.3. The average Bonchev–Trinajstić information content (AvgIpc) is 2.40. The number of rotatable bonds is 5. The van der Waals surface area contributed by atoms with Crippen LogP contribution in [0.4, 0.5) is 8.78 Å². The minimum atomic E-state index is -2.47. The molecule has 0 fully saturated rings. The zero-order valence-corrected chi connectivity index (χ0v) is 10.1. The Morgan fingerprint density at radius 1 is 1.16 bits per heavy atom. The van der Waals surface area contributed by atoms with Crippen molar-refractivity contribution in [3.63, 3.8) is 0 Å². The van der Waals surface area contributed by atoms with Crippen molar-refractivity contribution in [3.05, 3.63) is 64.6 Å². The zero-order valence-electron chi connectivity index (χ0n) is 10.1. The SMILES string of the molecule is O=c1ccn(CC(F)F)cc1OCc1ccccc1. The van der Waals surface area contributed by atoms with Crippen LogP contribution in [-0.4, -0.2) is 11.0 Å². The van der Waals surface area contributed by atoms with Gasteiger partial charge in [0.15, 0.2) is 5.75 Å². The average molecular weight is 265 g/mol. The fourth-order valence-electron chi connectivity index (χ4n) is 1.62. The Balaban J connectivity index is 2.09. The highest BCUT2D eigenvalue weighted by Crippen LogP contribution is 2.08. The number of pyridine rings is 1. The van der Waals surface area contributed by atoms with Crippen molar-refractivity contribution in [1.82, 2.24) is 4.57 Å². The molecule has 0 aliphatic rings. The van der Waals surface area contributed by atoms with E-state index < -0.39 is 13.0 Å². The van der Waals surface area contributed by atoms with Crippen LogP contribution in [0.1, 0.15) is 5.56 Å². The fourth-order valence-corrected chi connectivity index (χ4v) is 1.62. The minimum Gasteiger partial charge on any atom is -0.483 e. The summed E-state index contributed by atoms with van der Waals surface area (Å²) in [7, 11) is 0. The summed E-state index contributed by atoms with van der Waals surface area (Å²) in [5.41, 5.74) is 0.590. The Labute approximate surface area is 109 Å². The first-order valence-electron chi connectivity index (χ1n) is 5.80. The number of nitrogens with zero attached hydrogens (tertiary/aromatic N) is 1. The van der Waals surface area contributed by atoms with E-state index in [2.05, 4.69) is 0 Å². The van der Waals surface area contributed by atoms with Crippen molar-refractivity contribution in [2.75, 3.05) is 0 Å². The number of ether oxygens (including phenoxy) is 1. The van der Waals surface area contributed by atoms with Crippen molar-refractivity contribution in [2.24, 2.45) is 0 Å². The third-order valence-electron chi connectivity index (χ3n) is 2.53. The predicted molar refractivity (Wildman–Crippen MR) is 67.5 cm³/mol. The molecule has 0 aliphatic carbocycles. The van der Waals surface area contributed by atoms with Crippen LogP contribution in [0.3, 0.4) is 0 Å². The highest BCUT2D eigenvalue weighted by atomic mass is 19.3. The van der Waals surface area contributed by atoms with Crippen LogP contribution in [0.15, 0.2) is 53.6 Å². The fraction of sp³-hybridized carbons (Fsp3) is 0.214. The molecule has 0 spiro atoms. The van der Waals surface area contributed by atoms with Gasteiger partial charge in [0.25, 0.3) is 6.43 Å². The number of benzene rings is 1. The van der Waals surface area contributed by atoms with Gasteiger partial charge in [0.1, 0.15) is 6.61 Å². The molecule has 5 heteroatoms. The molecule has 0 saturated carbocycles. The molecule has 100 valence electrons. The molecule has 0 radical (unpaired) electrons. The lowest BCUT2D eigenvalue weighted by Crippen LogP contribution is -2.13. The van der Waals surface area contributed by atoms with Gasteiger partial charge in [0.05, 0.1) is 12.7 Å². The summed E-state index contributed by atoms with van der Waals surface area (Å²) in [6, 6.07) is 10.5. The van der Waals surface area contributed by atoms with Gasteiger partial charge in [0, 0.05) is 12.3 Å². The molecule has 0 saturated heterocycles. The Morgan fingerprint density at radius 2 is 1.89 bits per heavy atom. The van der Waals surface area contributed by atoms with Crippen LogP contribution in [0.2, 0.25) is 0 Å². The summed E-state index contributed by atoms with van der Waals surface area (Å²) in [4.78, 5) is 11.6. The van der Waals surface area contributed by atoms with E-state index in [0.717, 1.165) is 5.56 Å². The van der Waals surface area contributed by atoms with Gasteiger partial charge in [-0.05, 0) is 5.56 Å². The third kappa shape index (κ3) is 3.91. The predicted octanol–water partition coefficient (Wildman–Crippen LogP) is 2.69. The van der Waals surface area contributed by atoms with E-state index in [1.165, 1.54) is 23.0 Å². The second kappa shape index (κ2) is 6.13. The smallest absolute Gasteiger partial charge is 0.256 e. The summed E-state index contributed by atoms with van der Waals surface area (Å²) in [6.45, 7) is -0.225. The van der Waals surface area contributed by atoms with E-state index in [0.29, 0.717) is 0 Å². The molecule has 0 N–H and O–H groups in total. The van der Waals surface area contributed by atoms with E-state index in [9.17, 15) is 13.6 Å². The lowest BCUT2D eigenvalue weighted by atomic mass is 10.2. The molecular formula is C14H13F2NO2. The van der Waals surface area contributed by atoms with E-state index in [-0.39, 0.29) is 17.8 Å². The maximum Gasteiger partial charge on any atom is 0.256 e. The Morgan fingerprint density at radius 3 is 2.58 bits per heavy atom.